The zero-order valence-corrected chi connectivity index (χ0v) is 28.9. The molecule has 0 bridgehead atoms. The third kappa shape index (κ3) is 7.04. The number of phenolic OH excluding ortho intramolecular Hbond substituents is 1. The molecule has 18 nitrogen and oxygen atoms in total. The molecule has 0 unspecified atom stereocenters. The molecule has 6 rings (SSSR count). The summed E-state index contributed by atoms with van der Waals surface area (Å²) in [5, 5.41) is 27.4. The first-order valence-corrected chi connectivity index (χ1v) is 19.8. The van der Waals surface area contributed by atoms with Crippen molar-refractivity contribution in [2.24, 2.45) is 20.5 Å². The second kappa shape index (κ2) is 12.6. The van der Waals surface area contributed by atoms with Gasteiger partial charge < -0.3 is 10.8 Å². The third-order valence-corrected chi connectivity index (χ3v) is 11.1. The van der Waals surface area contributed by atoms with Crippen LogP contribution in [0.1, 0.15) is 0 Å². The number of phenols is 1. The summed E-state index contributed by atoms with van der Waals surface area (Å²) in [7, 11) is -19.3. The van der Waals surface area contributed by atoms with E-state index in [1.54, 1.807) is 6.07 Å². The second-order valence-corrected chi connectivity index (χ2v) is 16.6. The van der Waals surface area contributed by atoms with Crippen LogP contribution in [0.4, 0.5) is 28.4 Å². The monoisotopic (exact) mass is 787 g/mol. The molecule has 22 heteroatoms. The molecule has 0 aliphatic carbocycles. The summed E-state index contributed by atoms with van der Waals surface area (Å²) in [5.41, 5.74) is 4.83. The van der Waals surface area contributed by atoms with Crippen molar-refractivity contribution in [1.82, 2.24) is 0 Å². The topological polar surface area (TPSA) is 313 Å². The van der Waals surface area contributed by atoms with Gasteiger partial charge in [0, 0.05) is 27.2 Å². The molecule has 0 heterocycles. The fourth-order valence-electron chi connectivity index (χ4n) is 5.31. The minimum Gasteiger partial charge on any atom is -0.505 e. The number of hydrogen-bond donors (Lipinski definition) is 6. The van der Waals surface area contributed by atoms with Crippen molar-refractivity contribution in [3.05, 3.63) is 84.9 Å². The van der Waals surface area contributed by atoms with Gasteiger partial charge in [0.2, 0.25) is 0 Å². The van der Waals surface area contributed by atoms with E-state index in [1.165, 1.54) is 48.5 Å². The minimum absolute atomic E-state index is 0.0300. The lowest BCUT2D eigenvalue weighted by atomic mass is 10.1. The molecule has 0 amide bonds. The zero-order chi connectivity index (χ0) is 38.0. The molecule has 6 aromatic carbocycles. The molecule has 6 aromatic rings. The molecule has 0 spiro atoms. The zero-order valence-electron chi connectivity index (χ0n) is 25.6. The van der Waals surface area contributed by atoms with E-state index < -0.39 is 72.3 Å². The van der Waals surface area contributed by atoms with Crippen LogP contribution in [0.3, 0.4) is 0 Å². The fraction of sp³-hybridized carbons (Fsp3) is 0. The highest BCUT2D eigenvalue weighted by Crippen LogP contribution is 2.45. The number of aromatic hydroxyl groups is 1. The van der Waals surface area contributed by atoms with Crippen LogP contribution in [0.2, 0.25) is 0 Å². The van der Waals surface area contributed by atoms with Crippen molar-refractivity contribution in [3.8, 4) is 5.75 Å². The third-order valence-electron chi connectivity index (χ3n) is 7.60. The van der Waals surface area contributed by atoms with E-state index in [2.05, 4.69) is 20.5 Å². The van der Waals surface area contributed by atoms with Crippen molar-refractivity contribution in [2.75, 3.05) is 5.73 Å². The van der Waals surface area contributed by atoms with Gasteiger partial charge in [0.05, 0.1) is 26.9 Å². The smallest absolute Gasteiger partial charge is 0.296 e. The van der Waals surface area contributed by atoms with Crippen LogP contribution in [-0.4, -0.2) is 57.0 Å². The quantitative estimate of drug-likeness (QED) is 0.0564. The predicted molar refractivity (Wildman–Crippen MR) is 186 cm³/mol. The Bertz CT molecular complexity index is 3040. The largest absolute Gasteiger partial charge is 0.505 e. The van der Waals surface area contributed by atoms with Crippen LogP contribution in [0, 0.1) is 0 Å². The Morgan fingerprint density at radius 1 is 0.500 bits per heavy atom. The number of benzene rings is 6. The van der Waals surface area contributed by atoms with Crippen molar-refractivity contribution in [1.29, 1.82) is 0 Å². The number of nitrogens with zero attached hydrogens (tertiary/aromatic N) is 4. The lowest BCUT2D eigenvalue weighted by molar-refractivity contribution is 0.472. The van der Waals surface area contributed by atoms with Gasteiger partial charge in [0.1, 0.15) is 15.5 Å². The van der Waals surface area contributed by atoms with Gasteiger partial charge in [-0.3, -0.25) is 18.2 Å². The van der Waals surface area contributed by atoms with Gasteiger partial charge in [-0.15, -0.1) is 15.3 Å². The highest BCUT2D eigenvalue weighted by Gasteiger charge is 2.25. The molecular formula is C30H21N5O13S4. The molecule has 0 aliphatic rings. The first-order valence-electron chi connectivity index (χ1n) is 14.0. The molecule has 7 N–H and O–H groups in total. The Morgan fingerprint density at radius 2 is 1.12 bits per heavy atom. The standard InChI is InChI=1S/C30H21N5O13S4/c31-23-14-19(50(40,41)42)11-16-12-27(52(46,47)48)29(30(36)28(16)23)35-34-25-9-8-24(21-7-5-18(13-22(21)25)49(37,38)39)33-32-17-4-6-20-15(10-17)2-1-3-26(20)51(43,44)45/h1-14,36H,31H2,(H,37,38,39)(H,40,41,42)(H,43,44,45)(H,46,47,48). The number of anilines is 1. The van der Waals surface area contributed by atoms with Crippen molar-refractivity contribution in [2.45, 2.75) is 19.6 Å². The molecule has 0 atom stereocenters. The summed E-state index contributed by atoms with van der Waals surface area (Å²) in [6, 6.07) is 16.8. The molecule has 0 aliphatic heterocycles. The Kier molecular flexibility index (Phi) is 8.83. The summed E-state index contributed by atoms with van der Waals surface area (Å²) < 4.78 is 134. The first-order chi connectivity index (χ1) is 24.1. The van der Waals surface area contributed by atoms with Crippen LogP contribution >= 0.6 is 0 Å². The highest BCUT2D eigenvalue weighted by atomic mass is 32.2. The number of azo groups is 2. The van der Waals surface area contributed by atoms with E-state index in [0.717, 1.165) is 30.3 Å². The van der Waals surface area contributed by atoms with Crippen LogP contribution in [0.5, 0.6) is 5.75 Å². The highest BCUT2D eigenvalue weighted by molar-refractivity contribution is 7.86. The van der Waals surface area contributed by atoms with Crippen LogP contribution in [-0.2, 0) is 40.5 Å². The predicted octanol–water partition coefficient (Wildman–Crippen LogP) is 6.25. The van der Waals surface area contributed by atoms with Gasteiger partial charge in [0.15, 0.2) is 5.75 Å². The second-order valence-electron chi connectivity index (χ2n) is 11.0. The molecule has 0 fully saturated rings. The van der Waals surface area contributed by atoms with Gasteiger partial charge >= 0.3 is 0 Å². The summed E-state index contributed by atoms with van der Waals surface area (Å²) in [6.07, 6.45) is 0. The summed E-state index contributed by atoms with van der Waals surface area (Å²) in [5.74, 6) is -0.958. The maximum atomic E-state index is 12.4. The summed E-state index contributed by atoms with van der Waals surface area (Å²) in [4.78, 5) is -2.67. The van der Waals surface area contributed by atoms with Crippen molar-refractivity contribution >= 4 is 101 Å². The molecule has 0 radical (unpaired) electrons. The van der Waals surface area contributed by atoms with E-state index in [9.17, 15) is 57.0 Å². The van der Waals surface area contributed by atoms with Crippen LogP contribution in [0.25, 0.3) is 32.3 Å². The van der Waals surface area contributed by atoms with Crippen molar-refractivity contribution in [3.63, 3.8) is 0 Å². The van der Waals surface area contributed by atoms with Gasteiger partial charge in [-0.2, -0.15) is 38.8 Å². The van der Waals surface area contributed by atoms with Crippen molar-refractivity contribution < 1.29 is 57.0 Å². The Hall–Kier alpha value is -5.46. The Morgan fingerprint density at radius 3 is 1.75 bits per heavy atom. The first kappa shape index (κ1) is 36.3. The number of fused-ring (bicyclic) bond motifs is 3. The van der Waals surface area contributed by atoms with Gasteiger partial charge in [-0.05, 0) is 71.4 Å². The van der Waals surface area contributed by atoms with E-state index >= 15 is 0 Å². The Balaban J connectivity index is 1.50. The van der Waals surface area contributed by atoms with E-state index in [4.69, 9.17) is 5.73 Å². The van der Waals surface area contributed by atoms with Crippen LogP contribution in [0.15, 0.2) is 125 Å². The molecule has 0 saturated heterocycles. The normalized spacial score (nSPS) is 13.2. The van der Waals surface area contributed by atoms with E-state index in [1.807, 2.05) is 0 Å². The lowest BCUT2D eigenvalue weighted by Gasteiger charge is -2.12. The molecule has 0 aromatic heterocycles. The number of hydrogen-bond acceptors (Lipinski definition) is 14. The van der Waals surface area contributed by atoms with Gasteiger partial charge in [-0.25, -0.2) is 0 Å². The summed E-state index contributed by atoms with van der Waals surface area (Å²) in [6.45, 7) is 0. The average Bonchev–Trinajstić information content (AvgIpc) is 3.04. The fourth-order valence-corrected chi connectivity index (χ4v) is 7.74. The maximum absolute atomic E-state index is 12.4. The summed E-state index contributed by atoms with van der Waals surface area (Å²) >= 11 is 0. The lowest BCUT2D eigenvalue weighted by Crippen LogP contribution is -2.02. The van der Waals surface area contributed by atoms with Crippen LogP contribution < -0.4 is 5.73 Å². The Labute approximate surface area is 293 Å². The van der Waals surface area contributed by atoms with E-state index in [-0.39, 0.29) is 48.9 Å². The SMILES string of the molecule is Nc1cc(S(=O)(=O)O)cc2cc(S(=O)(=O)O)c(N=Nc3ccc(N=Nc4ccc5c(S(=O)(=O)O)cccc5c4)c4ccc(S(=O)(=O)O)cc34)c(O)c12. The van der Waals surface area contributed by atoms with Gasteiger partial charge in [-0.1, -0.05) is 24.3 Å². The number of rotatable bonds is 8. The maximum Gasteiger partial charge on any atom is 0.296 e. The number of nitrogen functional groups attached to an aromatic ring is 1. The molecule has 268 valence electrons. The number of nitrogens with two attached hydrogens (primary N) is 1. The molecular weight excluding hydrogens is 767 g/mol. The minimum atomic E-state index is -5.19. The average molecular weight is 788 g/mol. The van der Waals surface area contributed by atoms with E-state index in [0.29, 0.717) is 5.39 Å². The molecule has 52 heavy (non-hydrogen) atoms. The molecule has 0 saturated carbocycles. The van der Waals surface area contributed by atoms with Gasteiger partial charge in [0.25, 0.3) is 40.5 Å².